The maximum Gasteiger partial charge on any atom is 0.0987 e. The van der Waals surface area contributed by atoms with Crippen molar-refractivity contribution in [3.63, 3.8) is 0 Å². The Morgan fingerprint density at radius 1 is 1.50 bits per heavy atom. The van der Waals surface area contributed by atoms with E-state index in [9.17, 15) is 5.11 Å². The molecule has 1 fully saturated rings. The minimum Gasteiger partial charge on any atom is -0.387 e. The van der Waals surface area contributed by atoms with Crippen molar-refractivity contribution in [2.24, 2.45) is 5.92 Å². The molecule has 1 atom stereocenters. The zero-order valence-electron chi connectivity index (χ0n) is 6.57. The van der Waals surface area contributed by atoms with Crippen LogP contribution in [0.4, 0.5) is 0 Å². The van der Waals surface area contributed by atoms with Crippen LogP contribution in [0.25, 0.3) is 0 Å². The second-order valence-electron chi connectivity index (χ2n) is 3.18. The largest absolute Gasteiger partial charge is 0.387 e. The Kier molecular flexibility index (Phi) is 2.03. The fourth-order valence-corrected chi connectivity index (χ4v) is 1.33. The zero-order chi connectivity index (χ0) is 8.55. The predicted octanol–water partition coefficient (Wildman–Crippen LogP) is 2.18. The number of aromatic nitrogens is 1. The Morgan fingerprint density at radius 2 is 2.25 bits per heavy atom. The number of pyridine rings is 1. The Labute approximate surface area is 76.2 Å². The maximum absolute atomic E-state index is 9.65. The summed E-state index contributed by atoms with van der Waals surface area (Å²) < 4.78 is 0. The second-order valence-corrected chi connectivity index (χ2v) is 3.62. The monoisotopic (exact) mass is 183 g/mol. The summed E-state index contributed by atoms with van der Waals surface area (Å²) in [6.45, 7) is 0. The molecule has 1 aliphatic carbocycles. The van der Waals surface area contributed by atoms with E-state index >= 15 is 0 Å². The van der Waals surface area contributed by atoms with Gasteiger partial charge < -0.3 is 5.11 Å². The summed E-state index contributed by atoms with van der Waals surface area (Å²) in [5.74, 6) is 0.429. The molecule has 12 heavy (non-hydrogen) atoms. The molecule has 1 aromatic heterocycles. The van der Waals surface area contributed by atoms with Gasteiger partial charge in [-0.05, 0) is 30.9 Å². The summed E-state index contributed by atoms with van der Waals surface area (Å²) in [6, 6.07) is 3.54. The average molecular weight is 184 g/mol. The summed E-state index contributed by atoms with van der Waals surface area (Å²) in [5.41, 5.74) is 0.738. The van der Waals surface area contributed by atoms with E-state index in [0.29, 0.717) is 10.9 Å². The molecule has 64 valence electrons. The van der Waals surface area contributed by atoms with Gasteiger partial charge in [-0.25, -0.2) is 0 Å². The highest BCUT2D eigenvalue weighted by Crippen LogP contribution is 2.40. The predicted molar refractivity (Wildman–Crippen MR) is 46.9 cm³/mol. The molecule has 0 aliphatic heterocycles. The lowest BCUT2D eigenvalue weighted by Crippen LogP contribution is -2.01. The SMILES string of the molecule is OC(c1ccc(Cl)cn1)C1CC1. The molecule has 0 bridgehead atoms. The first kappa shape index (κ1) is 8.02. The van der Waals surface area contributed by atoms with Gasteiger partial charge in [0.1, 0.15) is 0 Å². The number of hydrogen-bond donors (Lipinski definition) is 1. The molecule has 1 N–H and O–H groups in total. The van der Waals surface area contributed by atoms with E-state index in [-0.39, 0.29) is 6.10 Å². The fourth-order valence-electron chi connectivity index (χ4n) is 1.22. The molecule has 1 unspecified atom stereocenters. The van der Waals surface area contributed by atoms with Crippen molar-refractivity contribution < 1.29 is 5.11 Å². The van der Waals surface area contributed by atoms with Crippen LogP contribution in [0.5, 0.6) is 0 Å². The molecule has 1 heterocycles. The minimum absolute atomic E-state index is 0.387. The first-order valence-corrected chi connectivity index (χ1v) is 4.44. The van der Waals surface area contributed by atoms with Crippen LogP contribution in [0.3, 0.4) is 0 Å². The Bertz CT molecular complexity index is 268. The molecule has 1 aliphatic rings. The van der Waals surface area contributed by atoms with Crippen molar-refractivity contribution in [3.05, 3.63) is 29.0 Å². The van der Waals surface area contributed by atoms with Gasteiger partial charge in [-0.2, -0.15) is 0 Å². The smallest absolute Gasteiger partial charge is 0.0987 e. The molecule has 0 spiro atoms. The van der Waals surface area contributed by atoms with Gasteiger partial charge >= 0.3 is 0 Å². The highest BCUT2D eigenvalue weighted by Gasteiger charge is 2.31. The third kappa shape index (κ3) is 1.59. The van der Waals surface area contributed by atoms with Crippen LogP contribution in [0.15, 0.2) is 18.3 Å². The number of rotatable bonds is 2. The van der Waals surface area contributed by atoms with Crippen molar-refractivity contribution in [1.82, 2.24) is 4.98 Å². The average Bonchev–Trinajstić information content (AvgIpc) is 2.87. The number of halogens is 1. The third-order valence-corrected chi connectivity index (χ3v) is 2.35. The van der Waals surface area contributed by atoms with E-state index in [1.54, 1.807) is 18.3 Å². The molecular formula is C9H10ClNO. The molecule has 2 nitrogen and oxygen atoms in total. The van der Waals surface area contributed by atoms with E-state index in [1.807, 2.05) is 0 Å². The second kappa shape index (κ2) is 3.04. The zero-order valence-corrected chi connectivity index (χ0v) is 7.33. The minimum atomic E-state index is -0.387. The fraction of sp³-hybridized carbons (Fsp3) is 0.444. The van der Waals surface area contributed by atoms with Gasteiger partial charge in [0.15, 0.2) is 0 Å². The Hall–Kier alpha value is -0.600. The molecule has 0 amide bonds. The lowest BCUT2D eigenvalue weighted by Gasteiger charge is -2.07. The quantitative estimate of drug-likeness (QED) is 0.763. The first-order valence-electron chi connectivity index (χ1n) is 4.07. The summed E-state index contributed by atoms with van der Waals surface area (Å²) in [6.07, 6.45) is 3.42. The maximum atomic E-state index is 9.65. The van der Waals surface area contributed by atoms with E-state index < -0.39 is 0 Å². The Balaban J connectivity index is 2.16. The van der Waals surface area contributed by atoms with Crippen molar-refractivity contribution in [3.8, 4) is 0 Å². The first-order chi connectivity index (χ1) is 5.77. The van der Waals surface area contributed by atoms with Gasteiger partial charge in [0.2, 0.25) is 0 Å². The molecule has 1 saturated carbocycles. The summed E-state index contributed by atoms with van der Waals surface area (Å²) in [4.78, 5) is 4.06. The topological polar surface area (TPSA) is 33.1 Å². The summed E-state index contributed by atoms with van der Waals surface area (Å²) in [5, 5.41) is 10.3. The Morgan fingerprint density at radius 3 is 2.75 bits per heavy atom. The van der Waals surface area contributed by atoms with E-state index in [4.69, 9.17) is 11.6 Å². The van der Waals surface area contributed by atoms with Crippen LogP contribution < -0.4 is 0 Å². The van der Waals surface area contributed by atoms with Crippen molar-refractivity contribution >= 4 is 11.6 Å². The van der Waals surface area contributed by atoms with Crippen LogP contribution in [0.1, 0.15) is 24.6 Å². The molecule has 1 aromatic rings. The summed E-state index contributed by atoms with van der Waals surface area (Å²) in [7, 11) is 0. The molecule has 0 saturated heterocycles. The van der Waals surface area contributed by atoms with E-state index in [2.05, 4.69) is 4.98 Å². The van der Waals surface area contributed by atoms with Gasteiger partial charge in [0.05, 0.1) is 16.8 Å². The van der Waals surface area contributed by atoms with Gasteiger partial charge in [0, 0.05) is 6.20 Å². The van der Waals surface area contributed by atoms with Crippen LogP contribution in [0, 0.1) is 5.92 Å². The number of aliphatic hydroxyl groups excluding tert-OH is 1. The number of hydrogen-bond acceptors (Lipinski definition) is 2. The van der Waals surface area contributed by atoms with E-state index in [0.717, 1.165) is 18.5 Å². The molecular weight excluding hydrogens is 174 g/mol. The van der Waals surface area contributed by atoms with Crippen molar-refractivity contribution in [2.75, 3.05) is 0 Å². The highest BCUT2D eigenvalue weighted by atomic mass is 35.5. The lowest BCUT2D eigenvalue weighted by molar-refractivity contribution is 0.149. The third-order valence-electron chi connectivity index (χ3n) is 2.12. The molecule has 0 aromatic carbocycles. The van der Waals surface area contributed by atoms with Crippen LogP contribution in [0.2, 0.25) is 5.02 Å². The van der Waals surface area contributed by atoms with Crippen LogP contribution in [-0.2, 0) is 0 Å². The molecule has 0 radical (unpaired) electrons. The standard InChI is InChI=1S/C9H10ClNO/c10-7-3-4-8(11-5-7)9(12)6-1-2-6/h3-6,9,12H,1-2H2. The van der Waals surface area contributed by atoms with E-state index in [1.165, 1.54) is 0 Å². The van der Waals surface area contributed by atoms with Crippen molar-refractivity contribution in [2.45, 2.75) is 18.9 Å². The summed E-state index contributed by atoms with van der Waals surface area (Å²) >= 11 is 5.67. The van der Waals surface area contributed by atoms with Gasteiger partial charge in [-0.15, -0.1) is 0 Å². The number of nitrogens with zero attached hydrogens (tertiary/aromatic N) is 1. The lowest BCUT2D eigenvalue weighted by atomic mass is 10.1. The molecule has 2 rings (SSSR count). The highest BCUT2D eigenvalue weighted by molar-refractivity contribution is 6.30. The van der Waals surface area contributed by atoms with Gasteiger partial charge in [-0.3, -0.25) is 4.98 Å². The van der Waals surface area contributed by atoms with Crippen LogP contribution >= 0.6 is 11.6 Å². The normalized spacial score (nSPS) is 19.2. The molecule has 3 heteroatoms. The van der Waals surface area contributed by atoms with Gasteiger partial charge in [-0.1, -0.05) is 11.6 Å². The van der Waals surface area contributed by atoms with Crippen molar-refractivity contribution in [1.29, 1.82) is 0 Å². The van der Waals surface area contributed by atoms with Crippen LogP contribution in [-0.4, -0.2) is 10.1 Å². The van der Waals surface area contributed by atoms with Gasteiger partial charge in [0.25, 0.3) is 0 Å². The number of aliphatic hydroxyl groups is 1.